The van der Waals surface area contributed by atoms with E-state index in [0.717, 1.165) is 24.8 Å². The zero-order chi connectivity index (χ0) is 19.1. The Kier molecular flexibility index (Phi) is 7.43. The highest BCUT2D eigenvalue weighted by molar-refractivity contribution is 8.26. The molecule has 2 aliphatic heterocycles. The maximum atomic E-state index is 12.6. The molecular formula is C20H24N2O3S2. The van der Waals surface area contributed by atoms with Gasteiger partial charge in [0.2, 0.25) is 5.91 Å². The van der Waals surface area contributed by atoms with Crippen molar-refractivity contribution >= 4 is 46.2 Å². The predicted molar refractivity (Wildman–Crippen MR) is 112 cm³/mol. The lowest BCUT2D eigenvalue weighted by molar-refractivity contribution is -0.135. The highest BCUT2D eigenvalue weighted by Crippen LogP contribution is 2.32. The quantitative estimate of drug-likeness (QED) is 0.396. The molecule has 0 bridgehead atoms. The Morgan fingerprint density at radius 2 is 1.89 bits per heavy atom. The molecular weight excluding hydrogens is 380 g/mol. The summed E-state index contributed by atoms with van der Waals surface area (Å²) in [5, 5.41) is 0. The number of carbonyl (C=O) groups excluding carboxylic acids is 2. The summed E-state index contributed by atoms with van der Waals surface area (Å²) in [5.74, 6) is 0.188. The van der Waals surface area contributed by atoms with Gasteiger partial charge in [0.05, 0.1) is 18.1 Å². The smallest absolute Gasteiger partial charge is 0.266 e. The zero-order valence-corrected chi connectivity index (χ0v) is 16.9. The van der Waals surface area contributed by atoms with Gasteiger partial charge >= 0.3 is 0 Å². The molecule has 0 N–H and O–H groups in total. The van der Waals surface area contributed by atoms with E-state index >= 15 is 0 Å². The molecule has 2 fully saturated rings. The van der Waals surface area contributed by atoms with Crippen molar-refractivity contribution in [1.29, 1.82) is 0 Å². The van der Waals surface area contributed by atoms with Crippen molar-refractivity contribution in [3.05, 3.63) is 40.8 Å². The maximum Gasteiger partial charge on any atom is 0.266 e. The van der Waals surface area contributed by atoms with Gasteiger partial charge < -0.3 is 9.64 Å². The third-order valence-electron chi connectivity index (χ3n) is 4.61. The van der Waals surface area contributed by atoms with E-state index in [1.165, 1.54) is 11.8 Å². The lowest BCUT2D eigenvalue weighted by Crippen LogP contribution is -2.40. The first-order chi connectivity index (χ1) is 13.1. The molecule has 0 aromatic heterocycles. The number of morpholine rings is 1. The number of unbranched alkanes of at least 4 members (excludes halogenated alkanes) is 2. The molecule has 0 atom stereocenters. The average Bonchev–Trinajstić information content (AvgIpc) is 2.96. The summed E-state index contributed by atoms with van der Waals surface area (Å²) in [5.41, 5.74) is 1.000. The summed E-state index contributed by atoms with van der Waals surface area (Å²) in [4.78, 5) is 28.9. The summed E-state index contributed by atoms with van der Waals surface area (Å²) in [6, 6.07) is 9.79. The Balaban J connectivity index is 1.40. The van der Waals surface area contributed by atoms with Crippen molar-refractivity contribution in [3.8, 4) is 0 Å². The van der Waals surface area contributed by atoms with Crippen LogP contribution in [0.1, 0.15) is 31.2 Å². The second-order valence-corrected chi connectivity index (χ2v) is 8.22. The molecule has 2 heterocycles. The van der Waals surface area contributed by atoms with Crippen LogP contribution < -0.4 is 0 Å². The van der Waals surface area contributed by atoms with Crippen LogP contribution >= 0.6 is 24.0 Å². The van der Waals surface area contributed by atoms with Gasteiger partial charge in [-0.2, -0.15) is 0 Å². The van der Waals surface area contributed by atoms with Crippen molar-refractivity contribution in [2.45, 2.75) is 25.7 Å². The molecule has 0 aliphatic carbocycles. The monoisotopic (exact) mass is 404 g/mol. The van der Waals surface area contributed by atoms with E-state index in [0.29, 0.717) is 48.5 Å². The average molecular weight is 405 g/mol. The Hall–Kier alpha value is -1.70. The predicted octanol–water partition coefficient (Wildman–Crippen LogP) is 3.31. The number of hydrogen-bond donors (Lipinski definition) is 0. The standard InChI is InChI=1S/C20H24N2O3S2/c23-18(21-11-13-25-14-12-21)9-5-2-6-10-22-19(24)17(27-20(22)26)15-16-7-3-1-4-8-16/h1,3-4,7-8,15H,2,5-6,9-14H2/b17-15-. The normalized spacial score (nSPS) is 19.2. The molecule has 1 aromatic rings. The highest BCUT2D eigenvalue weighted by Gasteiger charge is 2.31. The van der Waals surface area contributed by atoms with E-state index in [-0.39, 0.29) is 11.8 Å². The SMILES string of the molecule is O=C(CCCCCN1C(=O)/C(=C/c2ccccc2)SC1=S)N1CCOCC1. The Bertz CT molecular complexity index is 715. The highest BCUT2D eigenvalue weighted by atomic mass is 32.2. The first kappa shape index (κ1) is 20.0. The zero-order valence-electron chi connectivity index (χ0n) is 15.3. The van der Waals surface area contributed by atoms with Crippen LogP contribution in [-0.2, 0) is 14.3 Å². The number of hydrogen-bond acceptors (Lipinski definition) is 5. The van der Waals surface area contributed by atoms with Gasteiger partial charge in [-0.1, -0.05) is 60.7 Å². The summed E-state index contributed by atoms with van der Waals surface area (Å²) in [6.07, 6.45) is 5.05. The number of rotatable bonds is 7. The van der Waals surface area contributed by atoms with Crippen LogP contribution in [0.2, 0.25) is 0 Å². The number of benzene rings is 1. The number of ether oxygens (including phenoxy) is 1. The van der Waals surface area contributed by atoms with Crippen molar-refractivity contribution in [2.24, 2.45) is 0 Å². The van der Waals surface area contributed by atoms with Gasteiger partial charge in [-0.3, -0.25) is 14.5 Å². The lowest BCUT2D eigenvalue weighted by atomic mass is 10.1. The molecule has 2 amide bonds. The minimum absolute atomic E-state index is 0.0155. The summed E-state index contributed by atoms with van der Waals surface area (Å²) >= 11 is 6.73. The molecule has 5 nitrogen and oxygen atoms in total. The van der Waals surface area contributed by atoms with E-state index in [2.05, 4.69) is 0 Å². The minimum atomic E-state index is -0.0155. The van der Waals surface area contributed by atoms with Crippen molar-refractivity contribution in [2.75, 3.05) is 32.8 Å². The summed E-state index contributed by atoms with van der Waals surface area (Å²) in [7, 11) is 0. The lowest BCUT2D eigenvalue weighted by Gasteiger charge is -2.26. The number of thiocarbonyl (C=S) groups is 1. The fraction of sp³-hybridized carbons (Fsp3) is 0.450. The third-order valence-corrected chi connectivity index (χ3v) is 5.98. The molecule has 144 valence electrons. The first-order valence-corrected chi connectivity index (χ1v) is 10.5. The Labute approximate surface area is 169 Å². The molecule has 0 saturated carbocycles. The van der Waals surface area contributed by atoms with Crippen molar-refractivity contribution < 1.29 is 14.3 Å². The Morgan fingerprint density at radius 1 is 1.15 bits per heavy atom. The fourth-order valence-electron chi connectivity index (χ4n) is 3.09. The molecule has 0 unspecified atom stereocenters. The van der Waals surface area contributed by atoms with Gasteiger partial charge in [0, 0.05) is 26.1 Å². The van der Waals surface area contributed by atoms with Crippen LogP contribution in [0.3, 0.4) is 0 Å². The summed E-state index contributed by atoms with van der Waals surface area (Å²) in [6.45, 7) is 3.28. The number of nitrogens with zero attached hydrogens (tertiary/aromatic N) is 2. The minimum Gasteiger partial charge on any atom is -0.378 e. The van der Waals surface area contributed by atoms with Crippen LogP contribution in [0.25, 0.3) is 6.08 Å². The van der Waals surface area contributed by atoms with Gasteiger partial charge in [-0.25, -0.2) is 0 Å². The molecule has 0 spiro atoms. The number of thioether (sulfide) groups is 1. The van der Waals surface area contributed by atoms with Crippen LogP contribution in [-0.4, -0.2) is 58.8 Å². The van der Waals surface area contributed by atoms with Crippen LogP contribution in [0, 0.1) is 0 Å². The van der Waals surface area contributed by atoms with Crippen molar-refractivity contribution in [3.63, 3.8) is 0 Å². The van der Waals surface area contributed by atoms with E-state index in [1.807, 2.05) is 41.3 Å². The van der Waals surface area contributed by atoms with E-state index in [4.69, 9.17) is 17.0 Å². The van der Waals surface area contributed by atoms with E-state index in [1.54, 1.807) is 4.90 Å². The molecule has 3 rings (SSSR count). The van der Waals surface area contributed by atoms with E-state index in [9.17, 15) is 9.59 Å². The third kappa shape index (κ3) is 5.64. The van der Waals surface area contributed by atoms with Crippen LogP contribution in [0.4, 0.5) is 0 Å². The number of carbonyl (C=O) groups is 2. The van der Waals surface area contributed by atoms with Gasteiger partial charge in [0.25, 0.3) is 5.91 Å². The topological polar surface area (TPSA) is 49.9 Å². The van der Waals surface area contributed by atoms with Gasteiger partial charge in [-0.05, 0) is 24.5 Å². The molecule has 0 radical (unpaired) electrons. The largest absolute Gasteiger partial charge is 0.378 e. The summed E-state index contributed by atoms with van der Waals surface area (Å²) < 4.78 is 5.88. The second kappa shape index (κ2) is 10.0. The van der Waals surface area contributed by atoms with E-state index < -0.39 is 0 Å². The molecule has 1 aromatic carbocycles. The molecule has 2 aliphatic rings. The van der Waals surface area contributed by atoms with Crippen LogP contribution in [0.15, 0.2) is 35.2 Å². The second-order valence-electron chi connectivity index (χ2n) is 6.55. The van der Waals surface area contributed by atoms with Gasteiger partial charge in [-0.15, -0.1) is 0 Å². The van der Waals surface area contributed by atoms with Crippen molar-refractivity contribution in [1.82, 2.24) is 9.80 Å². The first-order valence-electron chi connectivity index (χ1n) is 9.31. The fourth-order valence-corrected chi connectivity index (χ4v) is 4.40. The molecule has 7 heteroatoms. The molecule has 2 saturated heterocycles. The Morgan fingerprint density at radius 3 is 2.63 bits per heavy atom. The molecule has 27 heavy (non-hydrogen) atoms. The maximum absolute atomic E-state index is 12.6. The van der Waals surface area contributed by atoms with Gasteiger partial charge in [0.15, 0.2) is 0 Å². The van der Waals surface area contributed by atoms with Gasteiger partial charge in [0.1, 0.15) is 4.32 Å². The number of amides is 2. The van der Waals surface area contributed by atoms with Crippen LogP contribution in [0.5, 0.6) is 0 Å².